The molecule has 0 saturated carbocycles. The summed E-state index contributed by atoms with van der Waals surface area (Å²) >= 11 is 1.73. The van der Waals surface area contributed by atoms with Crippen molar-refractivity contribution in [3.8, 4) is 11.5 Å². The highest BCUT2D eigenvalue weighted by atomic mass is 32.1. The number of fused-ring (bicyclic) bond motifs is 1. The lowest BCUT2D eigenvalue weighted by Crippen LogP contribution is -2.33. The summed E-state index contributed by atoms with van der Waals surface area (Å²) in [5, 5.41) is 4.13. The van der Waals surface area contributed by atoms with E-state index in [0.29, 0.717) is 18.0 Å². The van der Waals surface area contributed by atoms with Crippen LogP contribution in [0.2, 0.25) is 0 Å². The Morgan fingerprint density at radius 1 is 1.03 bits per heavy atom. The molecular formula is C25H23N3O2S. The van der Waals surface area contributed by atoms with Gasteiger partial charge in [0.2, 0.25) is 5.91 Å². The molecule has 0 spiro atoms. The number of benzene rings is 3. The van der Waals surface area contributed by atoms with Crippen LogP contribution < -0.4 is 10.1 Å². The van der Waals surface area contributed by atoms with Gasteiger partial charge in [0.1, 0.15) is 10.8 Å². The van der Waals surface area contributed by atoms with Crippen molar-refractivity contribution in [3.63, 3.8) is 0 Å². The van der Waals surface area contributed by atoms with Gasteiger partial charge >= 0.3 is 0 Å². The number of nitrogens with zero attached hydrogens (tertiary/aromatic N) is 2. The third-order valence-corrected chi connectivity index (χ3v) is 6.58. The summed E-state index contributed by atoms with van der Waals surface area (Å²) in [5.41, 5.74) is 1.71. The van der Waals surface area contributed by atoms with Crippen molar-refractivity contribution in [1.82, 2.24) is 9.88 Å². The highest BCUT2D eigenvalue weighted by Gasteiger charge is 2.30. The van der Waals surface area contributed by atoms with E-state index in [0.717, 1.165) is 35.7 Å². The van der Waals surface area contributed by atoms with Gasteiger partial charge in [-0.1, -0.05) is 42.5 Å². The lowest BCUT2D eigenvalue weighted by Gasteiger charge is -2.22. The van der Waals surface area contributed by atoms with E-state index in [4.69, 9.17) is 9.72 Å². The molecule has 0 unspecified atom stereocenters. The van der Waals surface area contributed by atoms with Gasteiger partial charge in [0.05, 0.1) is 28.5 Å². The summed E-state index contributed by atoms with van der Waals surface area (Å²) in [5.74, 6) is 1.32. The SMILES string of the molecule is O=C(CN1CCC[C@@H]1c1nc2ccccc2s1)Nc1ccccc1Oc1ccccc1. The molecule has 1 N–H and O–H groups in total. The van der Waals surface area contributed by atoms with Crippen LogP contribution in [0.5, 0.6) is 11.5 Å². The molecule has 1 aromatic heterocycles. The zero-order chi connectivity index (χ0) is 21.0. The number of rotatable bonds is 6. The van der Waals surface area contributed by atoms with Crippen LogP contribution in [0.3, 0.4) is 0 Å². The van der Waals surface area contributed by atoms with Crippen LogP contribution in [-0.4, -0.2) is 28.9 Å². The first kappa shape index (κ1) is 19.7. The zero-order valence-electron chi connectivity index (χ0n) is 17.0. The second kappa shape index (κ2) is 8.88. The van der Waals surface area contributed by atoms with Gasteiger partial charge in [-0.15, -0.1) is 11.3 Å². The van der Waals surface area contributed by atoms with E-state index in [1.165, 1.54) is 4.70 Å². The third kappa shape index (κ3) is 4.45. The fraction of sp³-hybridized carbons (Fsp3) is 0.200. The number of hydrogen-bond acceptors (Lipinski definition) is 5. The maximum atomic E-state index is 12.9. The molecule has 0 bridgehead atoms. The molecule has 4 aromatic rings. The quantitative estimate of drug-likeness (QED) is 0.417. The summed E-state index contributed by atoms with van der Waals surface area (Å²) in [6.07, 6.45) is 2.10. The fourth-order valence-electron chi connectivity index (χ4n) is 3.98. The van der Waals surface area contributed by atoms with E-state index >= 15 is 0 Å². The van der Waals surface area contributed by atoms with E-state index in [1.54, 1.807) is 11.3 Å². The van der Waals surface area contributed by atoms with E-state index in [9.17, 15) is 4.79 Å². The Morgan fingerprint density at radius 3 is 2.68 bits per heavy atom. The van der Waals surface area contributed by atoms with Crippen LogP contribution >= 0.6 is 11.3 Å². The van der Waals surface area contributed by atoms with Crippen LogP contribution in [0.25, 0.3) is 10.2 Å². The predicted octanol–water partition coefficient (Wildman–Crippen LogP) is 5.86. The van der Waals surface area contributed by atoms with Crippen LogP contribution in [0, 0.1) is 0 Å². The van der Waals surface area contributed by atoms with Gasteiger partial charge in [-0.05, 0) is 55.8 Å². The lowest BCUT2D eigenvalue weighted by atomic mass is 10.2. The molecule has 1 amide bonds. The summed E-state index contributed by atoms with van der Waals surface area (Å²) in [4.78, 5) is 19.9. The fourth-order valence-corrected chi connectivity index (χ4v) is 5.11. The molecular weight excluding hydrogens is 406 g/mol. The summed E-state index contributed by atoms with van der Waals surface area (Å²) in [6.45, 7) is 1.23. The number of amides is 1. The van der Waals surface area contributed by atoms with E-state index in [-0.39, 0.29) is 11.9 Å². The largest absolute Gasteiger partial charge is 0.455 e. The topological polar surface area (TPSA) is 54.5 Å². The van der Waals surface area contributed by atoms with Crippen LogP contribution in [0.15, 0.2) is 78.9 Å². The van der Waals surface area contributed by atoms with E-state index in [2.05, 4.69) is 16.3 Å². The number of ether oxygens (including phenoxy) is 1. The third-order valence-electron chi connectivity index (χ3n) is 5.44. The van der Waals surface area contributed by atoms with Crippen molar-refractivity contribution in [2.45, 2.75) is 18.9 Å². The Kier molecular flexibility index (Phi) is 5.65. The summed E-state index contributed by atoms with van der Waals surface area (Å²) < 4.78 is 7.16. The van der Waals surface area contributed by atoms with Crippen molar-refractivity contribution in [2.75, 3.05) is 18.4 Å². The minimum absolute atomic E-state index is 0.0443. The molecule has 5 rings (SSSR count). The number of para-hydroxylation sites is 4. The van der Waals surface area contributed by atoms with Crippen molar-refractivity contribution >= 4 is 33.1 Å². The van der Waals surface area contributed by atoms with Gasteiger partial charge in [-0.2, -0.15) is 0 Å². The highest BCUT2D eigenvalue weighted by Crippen LogP contribution is 2.36. The number of carbonyl (C=O) groups excluding carboxylic acids is 1. The first-order valence-corrected chi connectivity index (χ1v) is 11.3. The van der Waals surface area contributed by atoms with Crippen LogP contribution in [0.1, 0.15) is 23.9 Å². The summed E-state index contributed by atoms with van der Waals surface area (Å²) in [7, 11) is 0. The first-order valence-electron chi connectivity index (χ1n) is 10.5. The van der Waals surface area contributed by atoms with Crippen molar-refractivity contribution in [3.05, 3.63) is 83.9 Å². The molecule has 156 valence electrons. The first-order chi connectivity index (χ1) is 15.3. The number of aromatic nitrogens is 1. The lowest BCUT2D eigenvalue weighted by molar-refractivity contribution is -0.117. The average molecular weight is 430 g/mol. The minimum atomic E-state index is -0.0443. The van der Waals surface area contributed by atoms with Gasteiger partial charge in [-0.3, -0.25) is 9.69 Å². The van der Waals surface area contributed by atoms with E-state index in [1.807, 2.05) is 72.8 Å². The Bertz CT molecular complexity index is 1160. The Morgan fingerprint density at radius 2 is 1.81 bits per heavy atom. The minimum Gasteiger partial charge on any atom is -0.455 e. The van der Waals surface area contributed by atoms with Crippen LogP contribution in [-0.2, 0) is 4.79 Å². The monoisotopic (exact) mass is 429 g/mol. The molecule has 2 heterocycles. The number of hydrogen-bond donors (Lipinski definition) is 1. The molecule has 1 atom stereocenters. The van der Waals surface area contributed by atoms with Gasteiger partial charge < -0.3 is 10.1 Å². The second-order valence-electron chi connectivity index (χ2n) is 7.61. The standard InChI is InChI=1S/C25H23N3O2S/c29-24(26-19-11-4-6-14-22(19)30-18-9-2-1-3-10-18)17-28-16-8-13-21(28)25-27-20-12-5-7-15-23(20)31-25/h1-7,9-12,14-15,21H,8,13,16-17H2,(H,26,29)/t21-/m1/s1. The molecule has 0 radical (unpaired) electrons. The van der Waals surface area contributed by atoms with Crippen molar-refractivity contribution in [2.24, 2.45) is 0 Å². The summed E-state index contributed by atoms with van der Waals surface area (Å²) in [6, 6.07) is 25.5. The Hall–Kier alpha value is -3.22. The number of carbonyl (C=O) groups is 1. The predicted molar refractivity (Wildman–Crippen MR) is 125 cm³/mol. The molecule has 0 aliphatic carbocycles. The molecule has 5 nitrogen and oxygen atoms in total. The Labute approximate surface area is 185 Å². The Balaban J connectivity index is 1.28. The van der Waals surface area contributed by atoms with Gasteiger partial charge in [0, 0.05) is 0 Å². The van der Waals surface area contributed by atoms with Crippen molar-refractivity contribution < 1.29 is 9.53 Å². The number of likely N-dealkylation sites (tertiary alicyclic amines) is 1. The molecule has 1 aliphatic heterocycles. The van der Waals surface area contributed by atoms with Crippen molar-refractivity contribution in [1.29, 1.82) is 0 Å². The van der Waals surface area contributed by atoms with Gasteiger partial charge in [-0.25, -0.2) is 4.98 Å². The molecule has 3 aromatic carbocycles. The molecule has 1 saturated heterocycles. The van der Waals surface area contributed by atoms with Crippen LogP contribution in [0.4, 0.5) is 5.69 Å². The normalized spacial score (nSPS) is 16.5. The maximum Gasteiger partial charge on any atom is 0.238 e. The maximum absolute atomic E-state index is 12.9. The van der Waals surface area contributed by atoms with E-state index < -0.39 is 0 Å². The number of nitrogens with one attached hydrogen (secondary N) is 1. The second-order valence-corrected chi connectivity index (χ2v) is 8.67. The smallest absolute Gasteiger partial charge is 0.238 e. The molecule has 6 heteroatoms. The zero-order valence-corrected chi connectivity index (χ0v) is 17.8. The number of anilines is 1. The van der Waals surface area contributed by atoms with Gasteiger partial charge in [0.15, 0.2) is 5.75 Å². The molecule has 31 heavy (non-hydrogen) atoms. The molecule has 1 aliphatic rings. The molecule has 1 fully saturated rings. The van der Waals surface area contributed by atoms with Gasteiger partial charge in [0.25, 0.3) is 0 Å². The number of thiazole rings is 1. The highest BCUT2D eigenvalue weighted by molar-refractivity contribution is 7.18. The average Bonchev–Trinajstić information content (AvgIpc) is 3.42.